The minimum atomic E-state index is -5.03. The van der Waals surface area contributed by atoms with E-state index in [9.17, 15) is 22.8 Å². The molecule has 0 saturated carbocycles. The number of aliphatic hydroxyl groups excluding tert-OH is 1. The van der Waals surface area contributed by atoms with Crippen LogP contribution in [0.2, 0.25) is 0 Å². The summed E-state index contributed by atoms with van der Waals surface area (Å²) in [5, 5.41) is 14.8. The number of carbonyl (C=O) groups is 2. The molecule has 0 radical (unpaired) electrons. The van der Waals surface area contributed by atoms with Crippen LogP contribution in [0.15, 0.2) is 6.07 Å². The highest BCUT2D eigenvalue weighted by molar-refractivity contribution is 6.05. The lowest BCUT2D eigenvalue weighted by atomic mass is 10.2. The average molecular weight is 279 g/mol. The fourth-order valence-electron chi connectivity index (χ4n) is 1.34. The quantitative estimate of drug-likeness (QED) is 0.775. The van der Waals surface area contributed by atoms with Gasteiger partial charge < -0.3 is 10.4 Å². The molecule has 0 atom stereocenters. The van der Waals surface area contributed by atoms with E-state index in [-0.39, 0.29) is 19.0 Å². The number of aliphatic hydroxyl groups is 1. The first kappa shape index (κ1) is 15.2. The summed E-state index contributed by atoms with van der Waals surface area (Å²) in [5.74, 6) is -3.07. The average Bonchev–Trinajstić information content (AvgIpc) is 2.57. The van der Waals surface area contributed by atoms with Crippen LogP contribution in [0.4, 0.5) is 19.0 Å². The number of carbonyl (C=O) groups excluding carboxylic acids is 2. The molecule has 0 unspecified atom stereocenters. The summed E-state index contributed by atoms with van der Waals surface area (Å²) in [7, 11) is 0. The van der Waals surface area contributed by atoms with Gasteiger partial charge in [0, 0.05) is 6.07 Å². The molecule has 0 aliphatic rings. The van der Waals surface area contributed by atoms with Crippen LogP contribution in [0, 0.1) is 6.92 Å². The minimum Gasteiger partial charge on any atom is -0.394 e. The van der Waals surface area contributed by atoms with Crippen molar-refractivity contribution in [3.63, 3.8) is 0 Å². The van der Waals surface area contributed by atoms with E-state index in [1.807, 2.05) is 0 Å². The fourth-order valence-corrected chi connectivity index (χ4v) is 1.34. The molecular formula is C10H12F3N3O3. The molecule has 0 aliphatic carbocycles. The van der Waals surface area contributed by atoms with E-state index in [0.29, 0.717) is 5.69 Å². The summed E-state index contributed by atoms with van der Waals surface area (Å²) < 4.78 is 37.1. The van der Waals surface area contributed by atoms with Gasteiger partial charge in [0.1, 0.15) is 5.82 Å². The highest BCUT2D eigenvalue weighted by Crippen LogP contribution is 2.18. The van der Waals surface area contributed by atoms with E-state index in [1.54, 1.807) is 6.92 Å². The SMILES string of the molecule is Cc1cc(NC(=O)CC(=O)C(F)(F)F)n(CCO)n1. The Morgan fingerprint density at radius 3 is 2.63 bits per heavy atom. The van der Waals surface area contributed by atoms with Crippen molar-refractivity contribution in [1.82, 2.24) is 9.78 Å². The lowest BCUT2D eigenvalue weighted by molar-refractivity contribution is -0.171. The van der Waals surface area contributed by atoms with Crippen LogP contribution in [-0.2, 0) is 16.1 Å². The molecule has 19 heavy (non-hydrogen) atoms. The number of amides is 1. The topological polar surface area (TPSA) is 84.2 Å². The first-order chi connectivity index (χ1) is 8.74. The number of nitrogens with zero attached hydrogens (tertiary/aromatic N) is 2. The zero-order chi connectivity index (χ0) is 14.6. The Labute approximate surface area is 106 Å². The van der Waals surface area contributed by atoms with Crippen LogP contribution in [0.25, 0.3) is 0 Å². The predicted molar refractivity (Wildman–Crippen MR) is 58.4 cm³/mol. The molecule has 1 rings (SSSR count). The first-order valence-electron chi connectivity index (χ1n) is 5.29. The van der Waals surface area contributed by atoms with Gasteiger partial charge in [-0.2, -0.15) is 18.3 Å². The van der Waals surface area contributed by atoms with Crippen LogP contribution in [-0.4, -0.2) is 39.4 Å². The number of aryl methyl sites for hydroxylation is 1. The Hall–Kier alpha value is -1.90. The summed E-state index contributed by atoms with van der Waals surface area (Å²) in [5.41, 5.74) is 0.519. The maximum absolute atomic E-state index is 12.0. The van der Waals surface area contributed by atoms with Gasteiger partial charge in [0.25, 0.3) is 0 Å². The Bertz CT molecular complexity index is 482. The van der Waals surface area contributed by atoms with E-state index in [4.69, 9.17) is 5.11 Å². The lowest BCUT2D eigenvalue weighted by Gasteiger charge is -2.08. The second-order valence-electron chi connectivity index (χ2n) is 3.76. The standard InChI is InChI=1S/C10H12F3N3O3/c1-6-4-8(16(15-6)2-3-17)14-9(19)5-7(18)10(11,12)13/h4,17H,2-3,5H2,1H3,(H,14,19). The molecule has 2 N–H and O–H groups in total. The van der Waals surface area contributed by atoms with Crippen LogP contribution in [0.1, 0.15) is 12.1 Å². The number of alkyl halides is 3. The van der Waals surface area contributed by atoms with Gasteiger partial charge in [0.05, 0.1) is 25.3 Å². The molecule has 1 aromatic heterocycles. The number of hydrogen-bond acceptors (Lipinski definition) is 4. The molecule has 1 aromatic rings. The van der Waals surface area contributed by atoms with E-state index in [0.717, 1.165) is 0 Å². The number of anilines is 1. The third kappa shape index (κ3) is 4.36. The molecule has 0 aliphatic heterocycles. The number of hydrogen-bond donors (Lipinski definition) is 2. The summed E-state index contributed by atoms with van der Waals surface area (Å²) in [6.07, 6.45) is -6.31. The second-order valence-corrected chi connectivity index (χ2v) is 3.76. The molecule has 0 saturated heterocycles. The Balaban J connectivity index is 2.69. The van der Waals surface area contributed by atoms with Crippen molar-refractivity contribution >= 4 is 17.5 Å². The van der Waals surface area contributed by atoms with Crippen molar-refractivity contribution in [2.24, 2.45) is 0 Å². The maximum Gasteiger partial charge on any atom is 0.450 e. The highest BCUT2D eigenvalue weighted by atomic mass is 19.4. The summed E-state index contributed by atoms with van der Waals surface area (Å²) in [6, 6.07) is 1.42. The van der Waals surface area contributed by atoms with Gasteiger partial charge >= 0.3 is 6.18 Å². The number of Topliss-reactive ketones (excluding diaryl/α,β-unsaturated/α-hetero) is 1. The number of ketones is 1. The molecule has 6 nitrogen and oxygen atoms in total. The molecule has 9 heteroatoms. The van der Waals surface area contributed by atoms with Crippen LogP contribution in [0.5, 0.6) is 0 Å². The third-order valence-corrected chi connectivity index (χ3v) is 2.12. The van der Waals surface area contributed by atoms with Gasteiger partial charge in [-0.3, -0.25) is 9.59 Å². The van der Waals surface area contributed by atoms with Crippen molar-refractivity contribution in [3.05, 3.63) is 11.8 Å². The largest absolute Gasteiger partial charge is 0.450 e. The molecule has 0 spiro atoms. The third-order valence-electron chi connectivity index (χ3n) is 2.12. The van der Waals surface area contributed by atoms with Crippen molar-refractivity contribution in [2.45, 2.75) is 26.1 Å². The normalized spacial score (nSPS) is 11.4. The second kappa shape index (κ2) is 5.83. The molecule has 1 heterocycles. The number of nitrogens with one attached hydrogen (secondary N) is 1. The van der Waals surface area contributed by atoms with Crippen molar-refractivity contribution in [3.8, 4) is 0 Å². The van der Waals surface area contributed by atoms with Gasteiger partial charge in [-0.05, 0) is 6.92 Å². The monoisotopic (exact) mass is 279 g/mol. The molecule has 0 bridgehead atoms. The number of halogens is 3. The van der Waals surface area contributed by atoms with Gasteiger partial charge in [-0.15, -0.1) is 0 Å². The molecule has 0 fully saturated rings. The molecular weight excluding hydrogens is 267 g/mol. The van der Waals surface area contributed by atoms with E-state index >= 15 is 0 Å². The fraction of sp³-hybridized carbons (Fsp3) is 0.500. The Morgan fingerprint density at radius 2 is 2.11 bits per heavy atom. The Kier molecular flexibility index (Phi) is 4.65. The number of aromatic nitrogens is 2. The van der Waals surface area contributed by atoms with Crippen LogP contribution in [0.3, 0.4) is 0 Å². The lowest BCUT2D eigenvalue weighted by Crippen LogP contribution is -2.28. The maximum atomic E-state index is 12.0. The van der Waals surface area contributed by atoms with Crippen molar-refractivity contribution < 1.29 is 27.9 Å². The zero-order valence-corrected chi connectivity index (χ0v) is 9.99. The minimum absolute atomic E-state index is 0.0800. The van der Waals surface area contributed by atoms with Gasteiger partial charge in [-0.25, -0.2) is 4.68 Å². The molecule has 106 valence electrons. The van der Waals surface area contributed by atoms with Crippen molar-refractivity contribution in [2.75, 3.05) is 11.9 Å². The summed E-state index contributed by atoms with van der Waals surface area (Å²) >= 11 is 0. The predicted octanol–water partition coefficient (Wildman–Crippen LogP) is 0.644. The molecule has 1 amide bonds. The Morgan fingerprint density at radius 1 is 1.47 bits per heavy atom. The van der Waals surface area contributed by atoms with Crippen LogP contribution < -0.4 is 5.32 Å². The van der Waals surface area contributed by atoms with Crippen LogP contribution >= 0.6 is 0 Å². The van der Waals surface area contributed by atoms with E-state index in [1.165, 1.54) is 10.7 Å². The highest BCUT2D eigenvalue weighted by Gasteiger charge is 2.39. The van der Waals surface area contributed by atoms with Gasteiger partial charge in [0.2, 0.25) is 11.7 Å². The summed E-state index contributed by atoms with van der Waals surface area (Å²) in [6.45, 7) is 1.45. The van der Waals surface area contributed by atoms with E-state index in [2.05, 4.69) is 10.4 Å². The number of rotatable bonds is 5. The summed E-state index contributed by atoms with van der Waals surface area (Å²) in [4.78, 5) is 21.9. The first-order valence-corrected chi connectivity index (χ1v) is 5.29. The van der Waals surface area contributed by atoms with E-state index < -0.39 is 24.3 Å². The van der Waals surface area contributed by atoms with Gasteiger partial charge in [0.15, 0.2) is 0 Å². The zero-order valence-electron chi connectivity index (χ0n) is 9.99. The van der Waals surface area contributed by atoms with Crippen molar-refractivity contribution in [1.29, 1.82) is 0 Å². The smallest absolute Gasteiger partial charge is 0.394 e. The van der Waals surface area contributed by atoms with Gasteiger partial charge in [-0.1, -0.05) is 0 Å². The molecule has 0 aromatic carbocycles.